The lowest BCUT2D eigenvalue weighted by Gasteiger charge is -2.30. The molecule has 0 heterocycles. The van der Waals surface area contributed by atoms with Crippen molar-refractivity contribution in [3.8, 4) is 5.75 Å². The molecule has 2 rings (SSSR count). The number of nitrogens with one attached hydrogen (secondary N) is 1. The quantitative estimate of drug-likeness (QED) is 0.840. The highest BCUT2D eigenvalue weighted by Crippen LogP contribution is 2.26. The molecule has 20 heavy (non-hydrogen) atoms. The minimum Gasteiger partial charge on any atom is -0.491 e. The Kier molecular flexibility index (Phi) is 5.47. The standard InChI is InChI=1S/C18H29NO/c1-13(2)20-18-10-8-16(9-11-18)15(4)19-17-7-5-6-14(3)12-17/h8-11,13-15,17,19H,5-7,12H2,1-4H3. The van der Waals surface area contributed by atoms with E-state index < -0.39 is 0 Å². The summed E-state index contributed by atoms with van der Waals surface area (Å²) < 4.78 is 5.69. The highest BCUT2D eigenvalue weighted by molar-refractivity contribution is 5.29. The van der Waals surface area contributed by atoms with E-state index >= 15 is 0 Å². The third kappa shape index (κ3) is 4.52. The van der Waals surface area contributed by atoms with Gasteiger partial charge in [0.25, 0.3) is 0 Å². The molecule has 0 amide bonds. The fraction of sp³-hybridized carbons (Fsp3) is 0.667. The van der Waals surface area contributed by atoms with E-state index in [-0.39, 0.29) is 6.10 Å². The molecule has 0 spiro atoms. The lowest BCUT2D eigenvalue weighted by Crippen LogP contribution is -2.35. The van der Waals surface area contributed by atoms with E-state index in [1.165, 1.54) is 31.2 Å². The molecular weight excluding hydrogens is 246 g/mol. The van der Waals surface area contributed by atoms with Crippen LogP contribution in [0.3, 0.4) is 0 Å². The Bertz CT molecular complexity index is 398. The Hall–Kier alpha value is -1.02. The molecule has 1 aromatic carbocycles. The predicted molar refractivity (Wildman–Crippen MR) is 85.2 cm³/mol. The SMILES string of the molecule is CC1CCCC(NC(C)c2ccc(OC(C)C)cc2)C1. The molecule has 1 saturated carbocycles. The fourth-order valence-corrected chi connectivity index (χ4v) is 3.14. The first-order valence-corrected chi connectivity index (χ1v) is 8.07. The maximum absolute atomic E-state index is 5.69. The van der Waals surface area contributed by atoms with Crippen molar-refractivity contribution in [3.63, 3.8) is 0 Å². The molecule has 1 aromatic rings. The molecule has 0 aromatic heterocycles. The Morgan fingerprint density at radius 3 is 2.40 bits per heavy atom. The van der Waals surface area contributed by atoms with Crippen molar-refractivity contribution in [2.24, 2.45) is 5.92 Å². The molecule has 1 aliphatic rings. The van der Waals surface area contributed by atoms with Crippen LogP contribution in [0.5, 0.6) is 5.75 Å². The molecule has 2 nitrogen and oxygen atoms in total. The molecule has 2 heteroatoms. The summed E-state index contributed by atoms with van der Waals surface area (Å²) >= 11 is 0. The summed E-state index contributed by atoms with van der Waals surface area (Å²) in [5.74, 6) is 1.83. The van der Waals surface area contributed by atoms with E-state index in [1.807, 2.05) is 0 Å². The van der Waals surface area contributed by atoms with Gasteiger partial charge in [-0.15, -0.1) is 0 Å². The topological polar surface area (TPSA) is 21.3 Å². The van der Waals surface area contributed by atoms with Gasteiger partial charge < -0.3 is 10.1 Å². The first kappa shape index (κ1) is 15.4. The van der Waals surface area contributed by atoms with E-state index in [9.17, 15) is 0 Å². The van der Waals surface area contributed by atoms with Crippen LogP contribution in [0, 0.1) is 5.92 Å². The summed E-state index contributed by atoms with van der Waals surface area (Å²) in [6.07, 6.45) is 5.64. The minimum atomic E-state index is 0.236. The zero-order valence-corrected chi connectivity index (χ0v) is 13.4. The van der Waals surface area contributed by atoms with Gasteiger partial charge >= 0.3 is 0 Å². The van der Waals surface area contributed by atoms with Crippen molar-refractivity contribution in [2.75, 3.05) is 0 Å². The molecule has 0 radical (unpaired) electrons. The van der Waals surface area contributed by atoms with Crippen LogP contribution in [0.4, 0.5) is 0 Å². The summed E-state index contributed by atoms with van der Waals surface area (Å²) in [7, 11) is 0. The molecule has 112 valence electrons. The van der Waals surface area contributed by atoms with Gasteiger partial charge in [-0.2, -0.15) is 0 Å². The second kappa shape index (κ2) is 7.12. The van der Waals surface area contributed by atoms with Crippen LogP contribution in [0.2, 0.25) is 0 Å². The number of benzene rings is 1. The molecule has 1 N–H and O–H groups in total. The molecule has 1 fully saturated rings. The van der Waals surface area contributed by atoms with Crippen LogP contribution in [0.15, 0.2) is 24.3 Å². The Balaban J connectivity index is 1.90. The number of rotatable bonds is 5. The van der Waals surface area contributed by atoms with E-state index in [0.29, 0.717) is 12.1 Å². The predicted octanol–water partition coefficient (Wildman–Crippen LogP) is 4.70. The summed E-state index contributed by atoms with van der Waals surface area (Å²) in [6, 6.07) is 9.62. The van der Waals surface area contributed by atoms with Gasteiger partial charge in [0, 0.05) is 12.1 Å². The van der Waals surface area contributed by atoms with Crippen molar-refractivity contribution in [1.29, 1.82) is 0 Å². The Morgan fingerprint density at radius 1 is 1.10 bits per heavy atom. The van der Waals surface area contributed by atoms with Gasteiger partial charge in [0.1, 0.15) is 5.75 Å². The van der Waals surface area contributed by atoms with Gasteiger partial charge in [0.15, 0.2) is 0 Å². The van der Waals surface area contributed by atoms with Gasteiger partial charge in [-0.05, 0) is 57.2 Å². The second-order valence-electron chi connectivity index (χ2n) is 6.59. The number of hydrogen-bond donors (Lipinski definition) is 1. The largest absolute Gasteiger partial charge is 0.491 e. The lowest BCUT2D eigenvalue weighted by molar-refractivity contribution is 0.242. The smallest absolute Gasteiger partial charge is 0.119 e. The molecule has 0 saturated heterocycles. The van der Waals surface area contributed by atoms with Crippen LogP contribution in [0.25, 0.3) is 0 Å². The van der Waals surface area contributed by atoms with Gasteiger partial charge in [0.2, 0.25) is 0 Å². The van der Waals surface area contributed by atoms with Crippen molar-refractivity contribution >= 4 is 0 Å². The Labute approximate surface area is 123 Å². The van der Waals surface area contributed by atoms with Gasteiger partial charge in [-0.25, -0.2) is 0 Å². The Morgan fingerprint density at radius 2 is 1.80 bits per heavy atom. The van der Waals surface area contributed by atoms with E-state index in [4.69, 9.17) is 4.74 Å². The van der Waals surface area contributed by atoms with Crippen LogP contribution in [-0.4, -0.2) is 12.1 Å². The van der Waals surface area contributed by atoms with Gasteiger partial charge in [-0.3, -0.25) is 0 Å². The summed E-state index contributed by atoms with van der Waals surface area (Å²) in [4.78, 5) is 0. The number of hydrogen-bond acceptors (Lipinski definition) is 2. The normalized spacial score (nSPS) is 24.6. The molecule has 3 unspecified atom stereocenters. The van der Waals surface area contributed by atoms with E-state index in [0.717, 1.165) is 11.7 Å². The van der Waals surface area contributed by atoms with Crippen molar-refractivity contribution in [1.82, 2.24) is 5.32 Å². The van der Waals surface area contributed by atoms with Crippen molar-refractivity contribution in [2.45, 2.75) is 71.6 Å². The molecule has 1 aliphatic carbocycles. The minimum absolute atomic E-state index is 0.236. The fourth-order valence-electron chi connectivity index (χ4n) is 3.14. The van der Waals surface area contributed by atoms with Crippen molar-refractivity contribution in [3.05, 3.63) is 29.8 Å². The van der Waals surface area contributed by atoms with Crippen LogP contribution < -0.4 is 10.1 Å². The van der Waals surface area contributed by atoms with Crippen LogP contribution in [0.1, 0.15) is 65.0 Å². The summed E-state index contributed by atoms with van der Waals surface area (Å²) in [5.41, 5.74) is 1.35. The monoisotopic (exact) mass is 275 g/mol. The highest BCUT2D eigenvalue weighted by Gasteiger charge is 2.20. The maximum Gasteiger partial charge on any atom is 0.119 e. The molecule has 3 atom stereocenters. The zero-order valence-electron chi connectivity index (χ0n) is 13.4. The summed E-state index contributed by atoms with van der Waals surface area (Å²) in [6.45, 7) is 8.75. The zero-order chi connectivity index (χ0) is 14.5. The third-order valence-electron chi connectivity index (χ3n) is 4.17. The van der Waals surface area contributed by atoms with Gasteiger partial charge in [-0.1, -0.05) is 31.9 Å². The highest BCUT2D eigenvalue weighted by atomic mass is 16.5. The molecule has 0 bridgehead atoms. The van der Waals surface area contributed by atoms with E-state index in [2.05, 4.69) is 57.3 Å². The van der Waals surface area contributed by atoms with Crippen LogP contribution in [-0.2, 0) is 0 Å². The molecule has 0 aliphatic heterocycles. The lowest BCUT2D eigenvalue weighted by atomic mass is 9.86. The third-order valence-corrected chi connectivity index (χ3v) is 4.17. The van der Waals surface area contributed by atoms with E-state index in [1.54, 1.807) is 0 Å². The van der Waals surface area contributed by atoms with Crippen molar-refractivity contribution < 1.29 is 4.74 Å². The second-order valence-corrected chi connectivity index (χ2v) is 6.59. The van der Waals surface area contributed by atoms with Gasteiger partial charge in [0.05, 0.1) is 6.10 Å². The number of ether oxygens (including phenoxy) is 1. The average molecular weight is 275 g/mol. The summed E-state index contributed by atoms with van der Waals surface area (Å²) in [5, 5.41) is 3.78. The maximum atomic E-state index is 5.69. The first-order chi connectivity index (χ1) is 9.54. The average Bonchev–Trinajstić information content (AvgIpc) is 2.38. The van der Waals surface area contributed by atoms with Crippen LogP contribution >= 0.6 is 0 Å². The first-order valence-electron chi connectivity index (χ1n) is 8.07. The molecular formula is C18H29NO.